The van der Waals surface area contributed by atoms with Crippen molar-refractivity contribution in [1.29, 1.82) is 0 Å². The molecule has 1 saturated carbocycles. The zero-order chi connectivity index (χ0) is 16.9. The number of benzene rings is 1. The molecule has 2 aromatic rings. The van der Waals surface area contributed by atoms with Gasteiger partial charge in [0, 0.05) is 11.1 Å². The van der Waals surface area contributed by atoms with Crippen LogP contribution in [0.25, 0.3) is 0 Å². The van der Waals surface area contributed by atoms with Gasteiger partial charge < -0.3 is 15.4 Å². The number of rotatable bonds is 5. The SMILES string of the molecule is COc1ccc(Cl)cc1NC(=O)c1ccc(NC2CCCC2)cn1. The highest BCUT2D eigenvalue weighted by Gasteiger charge is 2.15. The standard InChI is InChI=1S/C18H20ClN3O2/c1-24-17-9-6-12(19)10-16(17)22-18(23)15-8-7-14(11-20-15)21-13-4-2-3-5-13/h6-11,13,21H,2-5H2,1H3,(H,22,23). The maximum Gasteiger partial charge on any atom is 0.274 e. The molecule has 0 spiro atoms. The van der Waals surface area contributed by atoms with Gasteiger partial charge in [0.15, 0.2) is 0 Å². The van der Waals surface area contributed by atoms with Crippen LogP contribution in [-0.4, -0.2) is 24.0 Å². The van der Waals surface area contributed by atoms with Crippen molar-refractivity contribution >= 4 is 28.9 Å². The molecule has 1 aromatic carbocycles. The summed E-state index contributed by atoms with van der Waals surface area (Å²) in [7, 11) is 1.54. The number of carbonyl (C=O) groups is 1. The van der Waals surface area contributed by atoms with Gasteiger partial charge in [0.1, 0.15) is 11.4 Å². The van der Waals surface area contributed by atoms with Crippen LogP contribution in [0.1, 0.15) is 36.2 Å². The molecule has 1 aromatic heterocycles. The van der Waals surface area contributed by atoms with Crippen LogP contribution in [-0.2, 0) is 0 Å². The Morgan fingerprint density at radius 2 is 2.04 bits per heavy atom. The molecule has 2 N–H and O–H groups in total. The Morgan fingerprint density at radius 3 is 2.71 bits per heavy atom. The summed E-state index contributed by atoms with van der Waals surface area (Å²) in [6.07, 6.45) is 6.62. The molecule has 0 bridgehead atoms. The number of halogens is 1. The summed E-state index contributed by atoms with van der Waals surface area (Å²) in [5, 5.41) is 6.75. The van der Waals surface area contributed by atoms with Gasteiger partial charge in [0.2, 0.25) is 0 Å². The normalized spacial score (nSPS) is 14.4. The lowest BCUT2D eigenvalue weighted by molar-refractivity contribution is 0.102. The second-order valence-corrected chi connectivity index (χ2v) is 6.29. The van der Waals surface area contributed by atoms with E-state index in [9.17, 15) is 4.79 Å². The minimum absolute atomic E-state index is 0.303. The molecule has 24 heavy (non-hydrogen) atoms. The van der Waals surface area contributed by atoms with Crippen LogP contribution < -0.4 is 15.4 Å². The molecule has 0 saturated heterocycles. The van der Waals surface area contributed by atoms with Gasteiger partial charge in [0.25, 0.3) is 5.91 Å². The van der Waals surface area contributed by atoms with Crippen LogP contribution in [0, 0.1) is 0 Å². The fourth-order valence-electron chi connectivity index (χ4n) is 2.88. The first-order chi connectivity index (χ1) is 11.7. The van der Waals surface area contributed by atoms with Gasteiger partial charge in [-0.25, -0.2) is 4.98 Å². The number of hydrogen-bond donors (Lipinski definition) is 2. The molecule has 0 aliphatic heterocycles. The molecule has 1 aliphatic carbocycles. The van der Waals surface area contributed by atoms with Crippen LogP contribution >= 0.6 is 11.6 Å². The number of nitrogens with zero attached hydrogens (tertiary/aromatic N) is 1. The lowest BCUT2D eigenvalue weighted by atomic mass is 10.2. The fraction of sp³-hybridized carbons (Fsp3) is 0.333. The third-order valence-corrected chi connectivity index (χ3v) is 4.37. The summed E-state index contributed by atoms with van der Waals surface area (Å²) in [5.41, 5.74) is 1.80. The average molecular weight is 346 g/mol. The van der Waals surface area contributed by atoms with Crippen molar-refractivity contribution in [2.75, 3.05) is 17.7 Å². The average Bonchev–Trinajstić information content (AvgIpc) is 3.09. The van der Waals surface area contributed by atoms with Crippen LogP contribution in [0.15, 0.2) is 36.5 Å². The summed E-state index contributed by atoms with van der Waals surface area (Å²) >= 11 is 5.97. The molecular formula is C18H20ClN3O2. The zero-order valence-corrected chi connectivity index (χ0v) is 14.3. The van der Waals surface area contributed by atoms with E-state index in [1.54, 1.807) is 37.6 Å². The Kier molecular flexibility index (Phi) is 5.20. The first kappa shape index (κ1) is 16.6. The highest BCUT2D eigenvalue weighted by Crippen LogP contribution is 2.28. The van der Waals surface area contributed by atoms with Crippen molar-refractivity contribution in [3.8, 4) is 5.75 Å². The molecule has 0 unspecified atom stereocenters. The topological polar surface area (TPSA) is 63.2 Å². The highest BCUT2D eigenvalue weighted by molar-refractivity contribution is 6.31. The minimum Gasteiger partial charge on any atom is -0.495 e. The number of carbonyl (C=O) groups excluding carboxylic acids is 1. The van der Waals surface area contributed by atoms with Gasteiger partial charge >= 0.3 is 0 Å². The van der Waals surface area contributed by atoms with E-state index in [1.165, 1.54) is 25.7 Å². The van der Waals surface area contributed by atoms with E-state index in [4.69, 9.17) is 16.3 Å². The van der Waals surface area contributed by atoms with Crippen molar-refractivity contribution in [2.24, 2.45) is 0 Å². The van der Waals surface area contributed by atoms with Crippen molar-refractivity contribution in [3.05, 3.63) is 47.2 Å². The van der Waals surface area contributed by atoms with E-state index in [0.717, 1.165) is 5.69 Å². The van der Waals surface area contributed by atoms with Gasteiger partial charge in [-0.2, -0.15) is 0 Å². The van der Waals surface area contributed by atoms with Crippen molar-refractivity contribution in [1.82, 2.24) is 4.98 Å². The molecule has 5 nitrogen and oxygen atoms in total. The van der Waals surface area contributed by atoms with Crippen LogP contribution in [0.5, 0.6) is 5.75 Å². The van der Waals surface area contributed by atoms with Gasteiger partial charge in [-0.1, -0.05) is 24.4 Å². The number of aromatic nitrogens is 1. The molecule has 3 rings (SSSR count). The maximum atomic E-state index is 12.4. The first-order valence-corrected chi connectivity index (χ1v) is 8.41. The van der Waals surface area contributed by atoms with Gasteiger partial charge in [-0.15, -0.1) is 0 Å². The zero-order valence-electron chi connectivity index (χ0n) is 13.5. The molecule has 6 heteroatoms. The van der Waals surface area contributed by atoms with E-state index in [2.05, 4.69) is 15.6 Å². The number of pyridine rings is 1. The van der Waals surface area contributed by atoms with E-state index in [1.807, 2.05) is 6.07 Å². The molecule has 1 amide bonds. The quantitative estimate of drug-likeness (QED) is 0.845. The number of anilines is 2. The van der Waals surface area contributed by atoms with Crippen LogP contribution in [0.3, 0.4) is 0 Å². The Bertz CT molecular complexity index is 713. The van der Waals surface area contributed by atoms with Gasteiger partial charge in [0.05, 0.1) is 24.7 Å². The third kappa shape index (κ3) is 3.97. The predicted molar refractivity (Wildman–Crippen MR) is 96.1 cm³/mol. The third-order valence-electron chi connectivity index (χ3n) is 4.13. The van der Waals surface area contributed by atoms with Crippen LogP contribution in [0.2, 0.25) is 5.02 Å². The van der Waals surface area contributed by atoms with Crippen LogP contribution in [0.4, 0.5) is 11.4 Å². The Morgan fingerprint density at radius 1 is 1.25 bits per heavy atom. The van der Waals surface area contributed by atoms with E-state index >= 15 is 0 Å². The number of hydrogen-bond acceptors (Lipinski definition) is 4. The highest BCUT2D eigenvalue weighted by atomic mass is 35.5. The summed E-state index contributed by atoms with van der Waals surface area (Å²) < 4.78 is 5.23. The Labute approximate surface area is 146 Å². The van der Waals surface area contributed by atoms with Crippen molar-refractivity contribution < 1.29 is 9.53 Å². The molecular weight excluding hydrogens is 326 g/mol. The van der Waals surface area contributed by atoms with Gasteiger partial charge in [-0.3, -0.25) is 4.79 Å². The summed E-state index contributed by atoms with van der Waals surface area (Å²) in [6, 6.07) is 9.17. The maximum absolute atomic E-state index is 12.4. The second-order valence-electron chi connectivity index (χ2n) is 5.86. The number of methoxy groups -OCH3 is 1. The molecule has 1 fully saturated rings. The largest absolute Gasteiger partial charge is 0.495 e. The molecule has 1 aliphatic rings. The van der Waals surface area contributed by atoms with Gasteiger partial charge in [-0.05, 0) is 43.2 Å². The fourth-order valence-corrected chi connectivity index (χ4v) is 3.06. The minimum atomic E-state index is -0.303. The second kappa shape index (κ2) is 7.53. The van der Waals surface area contributed by atoms with Crippen molar-refractivity contribution in [3.63, 3.8) is 0 Å². The monoisotopic (exact) mass is 345 g/mol. The smallest absolute Gasteiger partial charge is 0.274 e. The van der Waals surface area contributed by atoms with E-state index in [0.29, 0.717) is 28.2 Å². The lowest BCUT2D eigenvalue weighted by Gasteiger charge is -2.13. The summed E-state index contributed by atoms with van der Waals surface area (Å²) in [4.78, 5) is 16.6. The molecule has 1 heterocycles. The number of amides is 1. The Balaban J connectivity index is 1.67. The number of nitrogens with one attached hydrogen (secondary N) is 2. The summed E-state index contributed by atoms with van der Waals surface area (Å²) in [6.45, 7) is 0. The Hall–Kier alpha value is -2.27. The molecule has 126 valence electrons. The molecule has 0 atom stereocenters. The predicted octanol–water partition coefficient (Wildman–Crippen LogP) is 4.35. The van der Waals surface area contributed by atoms with E-state index in [-0.39, 0.29) is 5.91 Å². The molecule has 0 radical (unpaired) electrons. The number of ether oxygens (including phenoxy) is 1. The summed E-state index contributed by atoms with van der Waals surface area (Å²) in [5.74, 6) is 0.246. The van der Waals surface area contributed by atoms with E-state index < -0.39 is 0 Å². The van der Waals surface area contributed by atoms with Crippen molar-refractivity contribution in [2.45, 2.75) is 31.7 Å². The first-order valence-electron chi connectivity index (χ1n) is 8.03. The lowest BCUT2D eigenvalue weighted by Crippen LogP contribution is -2.16.